The molecule has 1 aromatic heterocycles. The Morgan fingerprint density at radius 3 is 2.47 bits per heavy atom. The third-order valence-corrected chi connectivity index (χ3v) is 5.22. The van der Waals surface area contributed by atoms with Crippen molar-refractivity contribution in [3.8, 4) is 28.6 Å². The number of hydrogen-bond acceptors (Lipinski definition) is 8. The van der Waals surface area contributed by atoms with Crippen LogP contribution in [0.5, 0.6) is 17.2 Å². The third-order valence-electron chi connectivity index (χ3n) is 4.22. The van der Waals surface area contributed by atoms with Gasteiger partial charge in [-0.1, -0.05) is 17.3 Å². The van der Waals surface area contributed by atoms with Crippen molar-refractivity contribution in [2.45, 2.75) is 12.3 Å². The summed E-state index contributed by atoms with van der Waals surface area (Å²) in [4.78, 5) is 16.4. The summed E-state index contributed by atoms with van der Waals surface area (Å²) >= 11 is 1.53. The van der Waals surface area contributed by atoms with Crippen LogP contribution in [0.1, 0.15) is 11.5 Å². The number of rotatable bonds is 10. The molecule has 2 aromatic carbocycles. The van der Waals surface area contributed by atoms with Crippen LogP contribution in [0.15, 0.2) is 47.0 Å². The van der Waals surface area contributed by atoms with Crippen molar-refractivity contribution in [2.75, 3.05) is 27.1 Å². The van der Waals surface area contributed by atoms with Crippen molar-refractivity contribution in [1.29, 1.82) is 0 Å². The lowest BCUT2D eigenvalue weighted by atomic mass is 10.2. The van der Waals surface area contributed by atoms with Crippen LogP contribution < -0.4 is 19.5 Å². The van der Waals surface area contributed by atoms with E-state index < -0.39 is 0 Å². The summed E-state index contributed by atoms with van der Waals surface area (Å²) in [5.41, 5.74) is 1.80. The average Bonchev–Trinajstić information content (AvgIpc) is 3.26. The van der Waals surface area contributed by atoms with Crippen LogP contribution in [0.25, 0.3) is 11.4 Å². The molecule has 1 N–H and O–H groups in total. The Morgan fingerprint density at radius 2 is 1.77 bits per heavy atom. The Morgan fingerprint density at radius 1 is 1.03 bits per heavy atom. The van der Waals surface area contributed by atoms with Gasteiger partial charge in [0.1, 0.15) is 17.2 Å². The number of thioether (sulfide) groups is 1. The average molecular weight is 429 g/mol. The van der Waals surface area contributed by atoms with Gasteiger partial charge in [-0.05, 0) is 29.8 Å². The van der Waals surface area contributed by atoms with Crippen LogP contribution in [-0.2, 0) is 17.1 Å². The summed E-state index contributed by atoms with van der Waals surface area (Å²) in [5.74, 6) is 3.71. The normalized spacial score (nSPS) is 10.5. The standard InChI is InChI=1S/C21H23N3O5S/c1-26-15-6-4-14(5-7-15)12-30-13-19(25)22-11-20-23-21(24-29-20)17-9-8-16(27-2)10-18(17)28-3/h4-10H,11-13H2,1-3H3,(H,22,25). The van der Waals surface area contributed by atoms with Crippen molar-refractivity contribution < 1.29 is 23.5 Å². The van der Waals surface area contributed by atoms with Crippen LogP contribution in [0.4, 0.5) is 0 Å². The molecule has 1 amide bonds. The van der Waals surface area contributed by atoms with Crippen LogP contribution >= 0.6 is 11.8 Å². The molecule has 0 spiro atoms. The largest absolute Gasteiger partial charge is 0.497 e. The molecule has 0 atom stereocenters. The van der Waals surface area contributed by atoms with E-state index in [-0.39, 0.29) is 12.5 Å². The van der Waals surface area contributed by atoms with E-state index in [0.29, 0.717) is 34.5 Å². The second-order valence-corrected chi connectivity index (χ2v) is 7.18. The van der Waals surface area contributed by atoms with Crippen molar-refractivity contribution in [3.05, 3.63) is 53.9 Å². The van der Waals surface area contributed by atoms with Gasteiger partial charge in [0.15, 0.2) is 0 Å². The summed E-state index contributed by atoms with van der Waals surface area (Å²) < 4.78 is 20.9. The number of nitrogens with zero attached hydrogens (tertiary/aromatic N) is 2. The zero-order valence-corrected chi connectivity index (χ0v) is 17.8. The maximum Gasteiger partial charge on any atom is 0.246 e. The smallest absolute Gasteiger partial charge is 0.246 e. The molecule has 0 aliphatic carbocycles. The molecular formula is C21H23N3O5S. The lowest BCUT2D eigenvalue weighted by molar-refractivity contribution is -0.118. The van der Waals surface area contributed by atoms with Gasteiger partial charge >= 0.3 is 0 Å². The summed E-state index contributed by atoms with van der Waals surface area (Å²) in [6.45, 7) is 0.160. The number of methoxy groups -OCH3 is 3. The van der Waals surface area contributed by atoms with E-state index in [1.807, 2.05) is 24.3 Å². The third kappa shape index (κ3) is 5.66. The first-order valence-corrected chi connectivity index (χ1v) is 10.3. The fraction of sp³-hybridized carbons (Fsp3) is 0.286. The summed E-state index contributed by atoms with van der Waals surface area (Å²) in [6, 6.07) is 13.1. The zero-order valence-electron chi connectivity index (χ0n) is 17.0. The molecule has 0 fully saturated rings. The molecule has 0 radical (unpaired) electrons. The molecule has 0 aliphatic heterocycles. The molecule has 0 aliphatic rings. The Bertz CT molecular complexity index is 975. The molecule has 9 heteroatoms. The number of nitrogens with one attached hydrogen (secondary N) is 1. The van der Waals surface area contributed by atoms with Gasteiger partial charge in [-0.25, -0.2) is 0 Å². The number of hydrogen-bond donors (Lipinski definition) is 1. The number of carbonyl (C=O) groups is 1. The molecule has 0 saturated heterocycles. The van der Waals surface area contributed by atoms with Gasteiger partial charge < -0.3 is 24.1 Å². The van der Waals surface area contributed by atoms with Crippen molar-refractivity contribution in [2.24, 2.45) is 0 Å². The van der Waals surface area contributed by atoms with Gasteiger partial charge in [-0.2, -0.15) is 4.98 Å². The van der Waals surface area contributed by atoms with Crippen LogP contribution in [0, 0.1) is 0 Å². The monoisotopic (exact) mass is 429 g/mol. The Balaban J connectivity index is 1.48. The molecule has 158 valence electrons. The van der Waals surface area contributed by atoms with Gasteiger partial charge in [-0.3, -0.25) is 4.79 Å². The maximum absolute atomic E-state index is 12.1. The van der Waals surface area contributed by atoms with E-state index in [1.165, 1.54) is 11.8 Å². The molecule has 1 heterocycles. The topological polar surface area (TPSA) is 95.7 Å². The minimum absolute atomic E-state index is 0.102. The number of benzene rings is 2. The molecule has 0 saturated carbocycles. The molecular weight excluding hydrogens is 406 g/mol. The molecule has 30 heavy (non-hydrogen) atoms. The Hall–Kier alpha value is -3.20. The lowest BCUT2D eigenvalue weighted by Gasteiger charge is -2.07. The molecule has 3 aromatic rings. The minimum atomic E-state index is -0.102. The van der Waals surface area contributed by atoms with Gasteiger partial charge in [0.25, 0.3) is 0 Å². The van der Waals surface area contributed by atoms with Gasteiger partial charge in [0.2, 0.25) is 17.6 Å². The highest BCUT2D eigenvalue weighted by molar-refractivity contribution is 7.99. The van der Waals surface area contributed by atoms with E-state index in [2.05, 4.69) is 15.5 Å². The minimum Gasteiger partial charge on any atom is -0.497 e. The lowest BCUT2D eigenvalue weighted by Crippen LogP contribution is -2.24. The SMILES string of the molecule is COc1ccc(CSCC(=O)NCc2nc(-c3ccc(OC)cc3OC)no2)cc1. The van der Waals surface area contributed by atoms with E-state index >= 15 is 0 Å². The van der Waals surface area contributed by atoms with E-state index in [0.717, 1.165) is 17.1 Å². The fourth-order valence-corrected chi connectivity index (χ4v) is 3.45. The van der Waals surface area contributed by atoms with E-state index in [4.69, 9.17) is 18.7 Å². The molecule has 8 nitrogen and oxygen atoms in total. The van der Waals surface area contributed by atoms with Crippen molar-refractivity contribution in [1.82, 2.24) is 15.5 Å². The molecule has 3 rings (SSSR count). The second-order valence-electron chi connectivity index (χ2n) is 6.20. The Kier molecular flexibility index (Phi) is 7.56. The fourth-order valence-electron chi connectivity index (χ4n) is 2.63. The quantitative estimate of drug-likeness (QED) is 0.524. The van der Waals surface area contributed by atoms with E-state index in [1.54, 1.807) is 39.5 Å². The van der Waals surface area contributed by atoms with Crippen LogP contribution in [-0.4, -0.2) is 43.1 Å². The first-order valence-electron chi connectivity index (χ1n) is 9.15. The molecule has 0 unspecified atom stereocenters. The summed E-state index contributed by atoms with van der Waals surface area (Å²) in [7, 11) is 4.77. The Labute approximate surface area is 178 Å². The van der Waals surface area contributed by atoms with Gasteiger partial charge in [0.05, 0.1) is 39.2 Å². The van der Waals surface area contributed by atoms with Crippen molar-refractivity contribution in [3.63, 3.8) is 0 Å². The van der Waals surface area contributed by atoms with Crippen LogP contribution in [0.3, 0.4) is 0 Å². The van der Waals surface area contributed by atoms with Crippen LogP contribution in [0.2, 0.25) is 0 Å². The summed E-state index contributed by atoms with van der Waals surface area (Å²) in [6.07, 6.45) is 0. The van der Waals surface area contributed by atoms with Gasteiger partial charge in [-0.15, -0.1) is 11.8 Å². The number of aromatic nitrogens is 2. The summed E-state index contributed by atoms with van der Waals surface area (Å²) in [5, 5.41) is 6.76. The highest BCUT2D eigenvalue weighted by atomic mass is 32.2. The van der Waals surface area contributed by atoms with Crippen molar-refractivity contribution >= 4 is 17.7 Å². The van der Waals surface area contributed by atoms with E-state index in [9.17, 15) is 4.79 Å². The zero-order chi connectivity index (χ0) is 21.3. The first kappa shape index (κ1) is 21.5. The maximum atomic E-state index is 12.1. The highest BCUT2D eigenvalue weighted by Crippen LogP contribution is 2.31. The van der Waals surface area contributed by atoms with Gasteiger partial charge in [0, 0.05) is 11.8 Å². The number of carbonyl (C=O) groups excluding carboxylic acids is 1. The number of ether oxygens (including phenoxy) is 3. The predicted octanol–water partition coefficient (Wildman–Crippen LogP) is 3.31. The molecule has 0 bridgehead atoms. The second kappa shape index (κ2) is 10.5. The first-order chi connectivity index (χ1) is 14.6. The number of amides is 1. The highest BCUT2D eigenvalue weighted by Gasteiger charge is 2.15. The predicted molar refractivity (Wildman–Crippen MR) is 114 cm³/mol.